The number of ether oxygens (including phenoxy) is 1. The number of halogens is 1. The molecule has 0 aromatic heterocycles. The van der Waals surface area contributed by atoms with Gasteiger partial charge in [-0.15, -0.1) is 0 Å². The van der Waals surface area contributed by atoms with Gasteiger partial charge < -0.3 is 4.74 Å². The minimum Gasteiger partial charge on any atom is -0.462 e. The van der Waals surface area contributed by atoms with Crippen LogP contribution in [0.25, 0.3) is 0 Å². The van der Waals surface area contributed by atoms with Gasteiger partial charge in [0.05, 0.1) is 0 Å². The quantitative estimate of drug-likeness (QED) is 0.655. The molecule has 0 unspecified atom stereocenters. The smallest absolute Gasteiger partial charge is 0.302 e. The molecule has 4 fully saturated rings. The Bertz CT molecular complexity index is 590. The maximum absolute atomic E-state index is 14.3. The van der Waals surface area contributed by atoms with Gasteiger partial charge in [-0.25, -0.2) is 4.39 Å². The van der Waals surface area contributed by atoms with Gasteiger partial charge in [-0.05, 0) is 74.0 Å². The van der Waals surface area contributed by atoms with E-state index in [1.807, 2.05) is 0 Å². The molecule has 4 saturated carbocycles. The Labute approximate surface area is 150 Å². The van der Waals surface area contributed by atoms with E-state index in [4.69, 9.17) is 4.74 Å². The molecule has 0 aromatic rings. The highest BCUT2D eigenvalue weighted by atomic mass is 19.1. The maximum Gasteiger partial charge on any atom is 0.302 e. The molecule has 0 aliphatic heterocycles. The van der Waals surface area contributed by atoms with Crippen LogP contribution in [0.4, 0.5) is 4.39 Å². The zero-order chi connectivity index (χ0) is 18.0. The molecule has 0 N–H and O–H groups in total. The minimum absolute atomic E-state index is 0.0307. The minimum atomic E-state index is -1.26. The van der Waals surface area contributed by atoms with Gasteiger partial charge in [0, 0.05) is 18.8 Å². The first kappa shape index (κ1) is 17.5. The molecule has 4 aliphatic rings. The van der Waals surface area contributed by atoms with Gasteiger partial charge in [0.25, 0.3) is 0 Å². The Kier molecular flexibility index (Phi) is 4.05. The third kappa shape index (κ3) is 2.49. The van der Waals surface area contributed by atoms with Gasteiger partial charge in [-0.1, -0.05) is 13.8 Å². The molecule has 25 heavy (non-hydrogen) atoms. The van der Waals surface area contributed by atoms with Crippen molar-refractivity contribution in [1.82, 2.24) is 0 Å². The van der Waals surface area contributed by atoms with Gasteiger partial charge in [-0.2, -0.15) is 0 Å². The van der Waals surface area contributed by atoms with Gasteiger partial charge in [0.15, 0.2) is 12.0 Å². The second-order valence-electron chi connectivity index (χ2n) is 9.72. The van der Waals surface area contributed by atoms with Crippen molar-refractivity contribution in [3.05, 3.63) is 0 Å². The Balaban J connectivity index is 1.59. The van der Waals surface area contributed by atoms with Crippen molar-refractivity contribution in [1.29, 1.82) is 0 Å². The summed E-state index contributed by atoms with van der Waals surface area (Å²) in [5.74, 6) is 1.72. The van der Waals surface area contributed by atoms with Crippen molar-refractivity contribution >= 4 is 11.8 Å². The van der Waals surface area contributed by atoms with Crippen molar-refractivity contribution in [2.45, 2.75) is 84.4 Å². The molecule has 0 amide bonds. The normalized spacial score (nSPS) is 52.1. The average Bonchev–Trinajstić information content (AvgIpc) is 2.85. The van der Waals surface area contributed by atoms with E-state index in [0.29, 0.717) is 36.5 Å². The Morgan fingerprint density at radius 2 is 1.80 bits per heavy atom. The predicted molar refractivity (Wildman–Crippen MR) is 92.6 cm³/mol. The fraction of sp³-hybridized carbons (Fsp3) is 0.905. The van der Waals surface area contributed by atoms with E-state index in [2.05, 4.69) is 13.8 Å². The number of carbonyl (C=O) groups is 2. The molecule has 140 valence electrons. The number of hydrogen-bond donors (Lipinski definition) is 0. The summed E-state index contributed by atoms with van der Waals surface area (Å²) in [6.07, 6.45) is 6.10. The maximum atomic E-state index is 14.3. The molecular formula is C21H31FO3. The van der Waals surface area contributed by atoms with Crippen molar-refractivity contribution < 1.29 is 18.7 Å². The molecule has 0 radical (unpaired) electrons. The summed E-state index contributed by atoms with van der Waals surface area (Å²) in [6, 6.07) is 0. The van der Waals surface area contributed by atoms with Crippen LogP contribution < -0.4 is 0 Å². The molecule has 8 atom stereocenters. The molecule has 4 rings (SSSR count). The van der Waals surface area contributed by atoms with E-state index in [0.717, 1.165) is 38.5 Å². The topological polar surface area (TPSA) is 43.4 Å². The van der Waals surface area contributed by atoms with Gasteiger partial charge in [0.2, 0.25) is 0 Å². The first-order valence-electron chi connectivity index (χ1n) is 10.1. The highest BCUT2D eigenvalue weighted by Gasteiger charge is 2.61. The van der Waals surface area contributed by atoms with Gasteiger partial charge in [0.1, 0.15) is 6.10 Å². The van der Waals surface area contributed by atoms with Crippen molar-refractivity contribution in [3.8, 4) is 0 Å². The van der Waals surface area contributed by atoms with Crippen LogP contribution in [0.1, 0.15) is 72.1 Å². The van der Waals surface area contributed by atoms with Crippen LogP contribution >= 0.6 is 0 Å². The lowest BCUT2D eigenvalue weighted by atomic mass is 9.45. The summed E-state index contributed by atoms with van der Waals surface area (Å²) in [5, 5.41) is 0. The molecule has 4 aliphatic carbocycles. The van der Waals surface area contributed by atoms with E-state index in [1.165, 1.54) is 6.92 Å². The van der Waals surface area contributed by atoms with Gasteiger partial charge >= 0.3 is 5.97 Å². The zero-order valence-electron chi connectivity index (χ0n) is 15.7. The van der Waals surface area contributed by atoms with Crippen LogP contribution in [0.5, 0.6) is 0 Å². The summed E-state index contributed by atoms with van der Waals surface area (Å²) in [7, 11) is 0. The molecule has 0 saturated heterocycles. The van der Waals surface area contributed by atoms with E-state index in [1.54, 1.807) is 0 Å². The first-order valence-corrected chi connectivity index (χ1v) is 10.1. The van der Waals surface area contributed by atoms with Crippen LogP contribution in [0, 0.1) is 34.5 Å². The van der Waals surface area contributed by atoms with E-state index < -0.39 is 6.17 Å². The summed E-state index contributed by atoms with van der Waals surface area (Å²) in [4.78, 5) is 23.4. The molecule has 4 heteroatoms. The van der Waals surface area contributed by atoms with E-state index in [-0.39, 0.29) is 28.7 Å². The lowest BCUT2D eigenvalue weighted by Crippen LogP contribution is -2.56. The molecule has 3 nitrogen and oxygen atoms in total. The molecular weight excluding hydrogens is 319 g/mol. The number of alkyl halides is 1. The fourth-order valence-electron chi connectivity index (χ4n) is 7.40. The number of fused-ring (bicyclic) bond motifs is 5. The van der Waals surface area contributed by atoms with Crippen LogP contribution in [0.15, 0.2) is 0 Å². The van der Waals surface area contributed by atoms with E-state index >= 15 is 0 Å². The van der Waals surface area contributed by atoms with Gasteiger partial charge in [-0.3, -0.25) is 9.59 Å². The lowest BCUT2D eigenvalue weighted by molar-refractivity contribution is -0.164. The standard InChI is InChI=1S/C21H31FO3/c1-12(23)25-19-7-6-15-14-5-4-13-10-18(24)17(22)11-21(13,3)16(14)8-9-20(15,19)2/h13-17,19H,4-11H2,1-3H3/t13-,14+,15+,16+,17+,19+,20+,21+/m1/s1. The highest BCUT2D eigenvalue weighted by molar-refractivity contribution is 5.84. The summed E-state index contributed by atoms with van der Waals surface area (Å²) in [5.41, 5.74) is 0.0483. The number of Topliss-reactive ketones (excluding diaryl/α,β-unsaturated/α-hetero) is 1. The highest BCUT2D eigenvalue weighted by Crippen LogP contribution is 2.66. The number of esters is 1. The molecule has 0 bridgehead atoms. The molecule has 0 heterocycles. The van der Waals surface area contributed by atoms with Crippen LogP contribution in [-0.2, 0) is 14.3 Å². The summed E-state index contributed by atoms with van der Waals surface area (Å²) >= 11 is 0. The second kappa shape index (κ2) is 5.79. The SMILES string of the molecule is CC(=O)O[C@H]1CC[C@H]2[C@@H]3CC[C@@H]4CC(=O)[C@@H](F)C[C@]4(C)[C@H]3CC[C@]12C. The largest absolute Gasteiger partial charge is 0.462 e. The number of hydrogen-bond acceptors (Lipinski definition) is 3. The van der Waals surface area contributed by atoms with Crippen LogP contribution in [-0.4, -0.2) is 24.0 Å². The predicted octanol–water partition coefficient (Wildman–Crippen LogP) is 4.48. The third-order valence-corrected chi connectivity index (χ3v) is 8.70. The molecule has 0 aromatic carbocycles. The lowest BCUT2D eigenvalue weighted by Gasteiger charge is -2.60. The van der Waals surface area contributed by atoms with Crippen molar-refractivity contribution in [3.63, 3.8) is 0 Å². The Morgan fingerprint density at radius 1 is 1.08 bits per heavy atom. The van der Waals surface area contributed by atoms with E-state index in [9.17, 15) is 14.0 Å². The number of ketones is 1. The van der Waals surface area contributed by atoms with Crippen molar-refractivity contribution in [2.75, 3.05) is 0 Å². The average molecular weight is 350 g/mol. The molecule has 0 spiro atoms. The number of rotatable bonds is 1. The third-order valence-electron chi connectivity index (χ3n) is 8.70. The fourth-order valence-corrected chi connectivity index (χ4v) is 7.40. The Morgan fingerprint density at radius 3 is 2.52 bits per heavy atom. The summed E-state index contributed by atoms with van der Waals surface area (Å²) < 4.78 is 20.0. The second-order valence-corrected chi connectivity index (χ2v) is 9.72. The first-order chi connectivity index (χ1) is 11.8. The number of carbonyl (C=O) groups excluding carboxylic acids is 2. The Hall–Kier alpha value is -0.930. The van der Waals surface area contributed by atoms with Crippen LogP contribution in [0.2, 0.25) is 0 Å². The van der Waals surface area contributed by atoms with Crippen LogP contribution in [0.3, 0.4) is 0 Å². The van der Waals surface area contributed by atoms with Crippen molar-refractivity contribution in [2.24, 2.45) is 34.5 Å². The monoisotopic (exact) mass is 350 g/mol. The summed E-state index contributed by atoms with van der Waals surface area (Å²) in [6.45, 7) is 6.08. The zero-order valence-corrected chi connectivity index (χ0v) is 15.7.